The van der Waals surface area contributed by atoms with Crippen LogP contribution in [0.5, 0.6) is 0 Å². The summed E-state index contributed by atoms with van der Waals surface area (Å²) in [5, 5.41) is 9.09. The van der Waals surface area contributed by atoms with Gasteiger partial charge in [0.25, 0.3) is 5.91 Å². The molecule has 3 aromatic rings. The second-order valence-electron chi connectivity index (χ2n) is 6.69. The lowest BCUT2D eigenvalue weighted by Crippen LogP contribution is -2.35. The minimum absolute atomic E-state index is 0.102. The van der Waals surface area contributed by atoms with Gasteiger partial charge in [-0.3, -0.25) is 9.59 Å². The van der Waals surface area contributed by atoms with Crippen molar-refractivity contribution in [1.29, 1.82) is 0 Å². The molecule has 0 saturated carbocycles. The zero-order valence-electron chi connectivity index (χ0n) is 16.9. The average molecular weight is 481 g/mol. The molecular weight excluding hydrogens is 459 g/mol. The Bertz CT molecular complexity index is 1020. The lowest BCUT2D eigenvalue weighted by Gasteiger charge is -2.20. The molecule has 2 heterocycles. The summed E-state index contributed by atoms with van der Waals surface area (Å²) in [5.41, 5.74) is 0.869. The van der Waals surface area contributed by atoms with Crippen molar-refractivity contribution in [3.8, 4) is 0 Å². The molecule has 0 unspecified atom stereocenters. The van der Waals surface area contributed by atoms with E-state index in [9.17, 15) is 9.59 Å². The van der Waals surface area contributed by atoms with E-state index in [0.717, 1.165) is 6.42 Å². The molecule has 0 spiro atoms. The molecule has 0 fully saturated rings. The molecular formula is C21H22Cl2N4O3S. The van der Waals surface area contributed by atoms with Crippen molar-refractivity contribution < 1.29 is 14.0 Å². The van der Waals surface area contributed by atoms with Crippen LogP contribution in [-0.2, 0) is 11.3 Å². The highest BCUT2D eigenvalue weighted by Crippen LogP contribution is 2.30. The highest BCUT2D eigenvalue weighted by Gasteiger charge is 2.21. The van der Waals surface area contributed by atoms with Gasteiger partial charge in [0.2, 0.25) is 5.91 Å². The lowest BCUT2D eigenvalue weighted by atomic mass is 10.3. The molecule has 0 aliphatic rings. The van der Waals surface area contributed by atoms with E-state index in [1.807, 2.05) is 6.92 Å². The molecule has 164 valence electrons. The van der Waals surface area contributed by atoms with Gasteiger partial charge in [-0.25, -0.2) is 4.98 Å². The van der Waals surface area contributed by atoms with E-state index in [0.29, 0.717) is 33.2 Å². The molecule has 2 aromatic heterocycles. The largest absolute Gasteiger partial charge is 0.467 e. The van der Waals surface area contributed by atoms with Crippen LogP contribution in [0.1, 0.15) is 36.0 Å². The van der Waals surface area contributed by atoms with Gasteiger partial charge < -0.3 is 20.0 Å². The molecule has 0 aliphatic heterocycles. The third-order valence-electron chi connectivity index (χ3n) is 4.29. The number of benzene rings is 1. The van der Waals surface area contributed by atoms with Crippen molar-refractivity contribution in [2.75, 3.05) is 18.4 Å². The minimum atomic E-state index is -0.291. The van der Waals surface area contributed by atoms with Crippen molar-refractivity contribution in [1.82, 2.24) is 15.2 Å². The topological polar surface area (TPSA) is 87.5 Å². The average Bonchev–Trinajstić information content (AvgIpc) is 3.44. The highest BCUT2D eigenvalue weighted by atomic mass is 35.5. The number of aromatic nitrogens is 1. The first kappa shape index (κ1) is 23.1. The molecule has 1 aromatic carbocycles. The van der Waals surface area contributed by atoms with Crippen LogP contribution in [0, 0.1) is 0 Å². The Labute approximate surface area is 194 Å². The summed E-state index contributed by atoms with van der Waals surface area (Å²) in [4.78, 5) is 31.1. The summed E-state index contributed by atoms with van der Waals surface area (Å²) in [6.07, 6.45) is 2.59. The number of thiazole rings is 1. The number of nitrogens with one attached hydrogen (secondary N) is 2. The van der Waals surface area contributed by atoms with Crippen LogP contribution in [0.2, 0.25) is 10.0 Å². The normalized spacial score (nSPS) is 10.7. The number of rotatable bonds is 10. The van der Waals surface area contributed by atoms with Gasteiger partial charge in [0.05, 0.1) is 23.5 Å². The fourth-order valence-corrected chi connectivity index (χ4v) is 3.77. The van der Waals surface area contributed by atoms with Gasteiger partial charge >= 0.3 is 0 Å². The summed E-state index contributed by atoms with van der Waals surface area (Å²) >= 11 is 13.5. The number of nitrogens with zero attached hydrogens (tertiary/aromatic N) is 2. The number of anilines is 2. The van der Waals surface area contributed by atoms with E-state index in [4.69, 9.17) is 27.6 Å². The van der Waals surface area contributed by atoms with E-state index < -0.39 is 0 Å². The van der Waals surface area contributed by atoms with E-state index in [-0.39, 0.29) is 37.0 Å². The Kier molecular flexibility index (Phi) is 8.34. The fourth-order valence-electron chi connectivity index (χ4n) is 2.73. The van der Waals surface area contributed by atoms with E-state index in [1.165, 1.54) is 11.3 Å². The second kappa shape index (κ2) is 11.2. The monoisotopic (exact) mass is 480 g/mol. The number of hydrogen-bond acceptors (Lipinski definition) is 6. The molecule has 7 nitrogen and oxygen atoms in total. The quantitative estimate of drug-likeness (QED) is 0.408. The third-order valence-corrected chi connectivity index (χ3v) is 5.61. The van der Waals surface area contributed by atoms with Crippen LogP contribution in [0.15, 0.2) is 46.4 Å². The van der Waals surface area contributed by atoms with Gasteiger partial charge in [0.15, 0.2) is 5.13 Å². The number of halogens is 2. The Morgan fingerprint density at radius 1 is 1.26 bits per heavy atom. The van der Waals surface area contributed by atoms with E-state index in [2.05, 4.69) is 15.6 Å². The van der Waals surface area contributed by atoms with Crippen LogP contribution < -0.4 is 10.6 Å². The third kappa shape index (κ3) is 6.72. The Morgan fingerprint density at radius 2 is 2.10 bits per heavy atom. The Morgan fingerprint density at radius 3 is 2.84 bits per heavy atom. The summed E-state index contributed by atoms with van der Waals surface area (Å²) in [6, 6.07) is 8.60. The van der Waals surface area contributed by atoms with Gasteiger partial charge in [-0.2, -0.15) is 0 Å². The summed E-state index contributed by atoms with van der Waals surface area (Å²) in [5.74, 6) is 0.234. The predicted octanol–water partition coefficient (Wildman–Crippen LogP) is 5.35. The fraction of sp³-hybridized carbons (Fsp3) is 0.286. The summed E-state index contributed by atoms with van der Waals surface area (Å²) in [7, 11) is 0. The highest BCUT2D eigenvalue weighted by molar-refractivity contribution is 7.14. The minimum Gasteiger partial charge on any atom is -0.467 e. The van der Waals surface area contributed by atoms with Crippen LogP contribution >= 0.6 is 34.5 Å². The first-order valence-corrected chi connectivity index (χ1v) is 11.4. The maximum absolute atomic E-state index is 13.1. The molecule has 2 N–H and O–H groups in total. The number of furan rings is 1. The number of hydrogen-bond donors (Lipinski definition) is 2. The van der Waals surface area contributed by atoms with Crippen LogP contribution in [0.3, 0.4) is 0 Å². The zero-order valence-corrected chi connectivity index (χ0v) is 19.2. The van der Waals surface area contributed by atoms with Gasteiger partial charge in [0.1, 0.15) is 11.5 Å². The van der Waals surface area contributed by atoms with Crippen LogP contribution in [-0.4, -0.2) is 34.8 Å². The molecule has 2 amide bonds. The number of amides is 2. The Balaban J connectivity index is 1.71. The van der Waals surface area contributed by atoms with Gasteiger partial charge in [0, 0.05) is 29.9 Å². The maximum Gasteiger partial charge on any atom is 0.273 e. The van der Waals surface area contributed by atoms with Gasteiger partial charge in [-0.05, 0) is 36.8 Å². The van der Waals surface area contributed by atoms with Crippen molar-refractivity contribution in [3.05, 3.63) is 63.5 Å². The first-order chi connectivity index (χ1) is 15.0. The van der Waals surface area contributed by atoms with E-state index in [1.54, 1.807) is 46.9 Å². The second-order valence-corrected chi connectivity index (χ2v) is 8.39. The van der Waals surface area contributed by atoms with Gasteiger partial charge in [-0.15, -0.1) is 11.3 Å². The zero-order chi connectivity index (χ0) is 22.2. The first-order valence-electron chi connectivity index (χ1n) is 9.72. The molecule has 0 aliphatic carbocycles. The summed E-state index contributed by atoms with van der Waals surface area (Å²) in [6.45, 7) is 3.08. The molecule has 0 bridgehead atoms. The number of carbonyl (C=O) groups excluding carboxylic acids is 2. The molecule has 0 atom stereocenters. The lowest BCUT2D eigenvalue weighted by molar-refractivity contribution is -0.121. The van der Waals surface area contributed by atoms with Crippen LogP contribution in [0.25, 0.3) is 0 Å². The predicted molar refractivity (Wildman–Crippen MR) is 123 cm³/mol. The molecule has 31 heavy (non-hydrogen) atoms. The molecule has 0 saturated heterocycles. The van der Waals surface area contributed by atoms with Crippen molar-refractivity contribution >= 4 is 57.2 Å². The smallest absolute Gasteiger partial charge is 0.273 e. The molecule has 0 radical (unpaired) electrons. The van der Waals surface area contributed by atoms with Crippen LogP contribution in [0.4, 0.5) is 10.8 Å². The number of carbonyl (C=O) groups is 2. The van der Waals surface area contributed by atoms with Crippen molar-refractivity contribution in [2.24, 2.45) is 0 Å². The van der Waals surface area contributed by atoms with Gasteiger partial charge in [-0.1, -0.05) is 30.1 Å². The standard InChI is InChI=1S/C21H22Cl2N4O3S/c1-2-8-24-19(28)7-9-27(12-15-4-3-10-30-15)20(29)18-13-31-21(26-18)25-17-11-14(22)5-6-16(17)23/h3-6,10-11,13H,2,7-9,12H2,1H3,(H,24,28)(H,25,26). The van der Waals surface area contributed by atoms with Crippen molar-refractivity contribution in [2.45, 2.75) is 26.3 Å². The molecule has 3 rings (SSSR count). The Hall–Kier alpha value is -2.55. The van der Waals surface area contributed by atoms with Crippen molar-refractivity contribution in [3.63, 3.8) is 0 Å². The SMILES string of the molecule is CCCNC(=O)CCN(Cc1ccco1)C(=O)c1csc(Nc2cc(Cl)ccc2Cl)n1. The maximum atomic E-state index is 13.1. The van der Waals surface area contributed by atoms with E-state index >= 15 is 0 Å². The molecule has 10 heteroatoms. The summed E-state index contributed by atoms with van der Waals surface area (Å²) < 4.78 is 5.38.